The molecule has 0 radical (unpaired) electrons. The Kier molecular flexibility index (Phi) is 7.73. The van der Waals surface area contributed by atoms with Gasteiger partial charge in [-0.2, -0.15) is 0 Å². The maximum absolute atomic E-state index is 5.02. The molecule has 0 saturated heterocycles. The van der Waals surface area contributed by atoms with Gasteiger partial charge in [-0.05, 0) is 24.8 Å². The summed E-state index contributed by atoms with van der Waals surface area (Å²) in [6, 6.07) is 8.65. The van der Waals surface area contributed by atoms with Gasteiger partial charge in [-0.3, -0.25) is 4.99 Å². The lowest BCUT2D eigenvalue weighted by molar-refractivity contribution is 0.195. The molecule has 4 nitrogen and oxygen atoms in total. The number of aliphatic imine (C=N–C) groups is 1. The van der Waals surface area contributed by atoms with Crippen molar-refractivity contribution in [3.8, 4) is 0 Å². The van der Waals surface area contributed by atoms with Crippen molar-refractivity contribution in [3.05, 3.63) is 35.4 Å². The average molecular weight is 277 g/mol. The van der Waals surface area contributed by atoms with E-state index in [4.69, 9.17) is 4.74 Å². The van der Waals surface area contributed by atoms with Crippen LogP contribution < -0.4 is 10.6 Å². The predicted octanol–water partition coefficient (Wildman–Crippen LogP) is 2.30. The first-order valence-electron chi connectivity index (χ1n) is 7.17. The molecule has 1 unspecified atom stereocenters. The molecule has 1 atom stereocenters. The summed E-state index contributed by atoms with van der Waals surface area (Å²) in [5.74, 6) is 1.30. The van der Waals surface area contributed by atoms with Crippen molar-refractivity contribution in [3.63, 3.8) is 0 Å². The summed E-state index contributed by atoms with van der Waals surface area (Å²) >= 11 is 0. The van der Waals surface area contributed by atoms with E-state index >= 15 is 0 Å². The number of hydrogen-bond donors (Lipinski definition) is 2. The van der Waals surface area contributed by atoms with Gasteiger partial charge in [0.15, 0.2) is 5.96 Å². The Morgan fingerprint density at radius 3 is 2.80 bits per heavy atom. The number of aryl methyl sites for hydroxylation is 1. The Bertz CT molecular complexity index is 418. The Morgan fingerprint density at radius 2 is 2.15 bits per heavy atom. The summed E-state index contributed by atoms with van der Waals surface area (Å²) < 4.78 is 5.02. The summed E-state index contributed by atoms with van der Waals surface area (Å²) in [6.45, 7) is 6.85. The van der Waals surface area contributed by atoms with Crippen molar-refractivity contribution in [1.29, 1.82) is 0 Å². The number of rotatable bonds is 7. The van der Waals surface area contributed by atoms with Crippen LogP contribution in [0.5, 0.6) is 0 Å². The van der Waals surface area contributed by atoms with Gasteiger partial charge in [0, 0.05) is 33.9 Å². The third-order valence-corrected chi connectivity index (χ3v) is 3.23. The molecule has 0 bridgehead atoms. The first-order chi connectivity index (χ1) is 9.67. The lowest BCUT2D eigenvalue weighted by Gasteiger charge is -2.16. The van der Waals surface area contributed by atoms with Gasteiger partial charge in [0.05, 0.1) is 0 Å². The molecule has 112 valence electrons. The zero-order chi connectivity index (χ0) is 14.8. The number of nitrogens with one attached hydrogen (secondary N) is 2. The van der Waals surface area contributed by atoms with Crippen LogP contribution >= 0.6 is 0 Å². The zero-order valence-corrected chi connectivity index (χ0v) is 13.1. The van der Waals surface area contributed by atoms with Crippen LogP contribution in [0, 0.1) is 6.92 Å². The molecule has 0 saturated carbocycles. The van der Waals surface area contributed by atoms with Crippen LogP contribution in [-0.2, 0) is 4.74 Å². The molecule has 0 aromatic heterocycles. The van der Waals surface area contributed by atoms with E-state index in [1.165, 1.54) is 11.1 Å². The Morgan fingerprint density at radius 1 is 1.35 bits per heavy atom. The molecule has 20 heavy (non-hydrogen) atoms. The summed E-state index contributed by atoms with van der Waals surface area (Å²) in [6.07, 6.45) is 0.977. The van der Waals surface area contributed by atoms with Crippen LogP contribution in [0.3, 0.4) is 0 Å². The van der Waals surface area contributed by atoms with Gasteiger partial charge in [-0.25, -0.2) is 0 Å². The van der Waals surface area contributed by atoms with Crippen molar-refractivity contribution < 1.29 is 4.74 Å². The van der Waals surface area contributed by atoms with E-state index in [9.17, 15) is 0 Å². The standard InChI is InChI=1S/C16H27N3O/c1-13-7-5-8-15(11-13)14(2)12-19-16(17-3)18-9-6-10-20-4/h5,7-8,11,14H,6,9-10,12H2,1-4H3,(H2,17,18,19). The molecule has 1 aromatic rings. The van der Waals surface area contributed by atoms with Crippen LogP contribution in [0.25, 0.3) is 0 Å². The van der Waals surface area contributed by atoms with Crippen molar-refractivity contribution in [1.82, 2.24) is 10.6 Å². The molecule has 4 heteroatoms. The predicted molar refractivity (Wildman–Crippen MR) is 85.5 cm³/mol. The SMILES string of the molecule is CN=C(NCCCOC)NCC(C)c1cccc(C)c1. The second-order valence-corrected chi connectivity index (χ2v) is 5.04. The van der Waals surface area contributed by atoms with E-state index in [1.54, 1.807) is 14.2 Å². The third-order valence-electron chi connectivity index (χ3n) is 3.23. The smallest absolute Gasteiger partial charge is 0.190 e. The molecule has 0 fully saturated rings. The quantitative estimate of drug-likeness (QED) is 0.457. The molecule has 1 rings (SSSR count). The van der Waals surface area contributed by atoms with E-state index < -0.39 is 0 Å². The van der Waals surface area contributed by atoms with Gasteiger partial charge in [0.2, 0.25) is 0 Å². The highest BCUT2D eigenvalue weighted by Crippen LogP contribution is 2.15. The number of methoxy groups -OCH3 is 1. The van der Waals surface area contributed by atoms with Gasteiger partial charge < -0.3 is 15.4 Å². The topological polar surface area (TPSA) is 45.7 Å². The maximum Gasteiger partial charge on any atom is 0.190 e. The van der Waals surface area contributed by atoms with Crippen molar-refractivity contribution >= 4 is 5.96 Å². The largest absolute Gasteiger partial charge is 0.385 e. The molecule has 0 spiro atoms. The molecule has 0 heterocycles. The Hall–Kier alpha value is -1.55. The fourth-order valence-corrected chi connectivity index (χ4v) is 1.99. The summed E-state index contributed by atoms with van der Waals surface area (Å²) in [7, 11) is 3.51. The number of nitrogens with zero attached hydrogens (tertiary/aromatic N) is 1. The van der Waals surface area contributed by atoms with Crippen molar-refractivity contribution in [2.45, 2.75) is 26.2 Å². The molecule has 0 aliphatic carbocycles. The molecule has 0 amide bonds. The van der Waals surface area contributed by atoms with Gasteiger partial charge >= 0.3 is 0 Å². The van der Waals surface area contributed by atoms with Crippen molar-refractivity contribution in [2.24, 2.45) is 4.99 Å². The zero-order valence-electron chi connectivity index (χ0n) is 13.1. The van der Waals surface area contributed by atoms with Crippen LogP contribution in [0.2, 0.25) is 0 Å². The van der Waals surface area contributed by atoms with E-state index in [-0.39, 0.29) is 0 Å². The highest BCUT2D eigenvalue weighted by molar-refractivity contribution is 5.79. The minimum atomic E-state index is 0.451. The second-order valence-electron chi connectivity index (χ2n) is 5.04. The third kappa shape index (κ3) is 6.06. The highest BCUT2D eigenvalue weighted by atomic mass is 16.5. The van der Waals surface area contributed by atoms with E-state index in [2.05, 4.69) is 53.7 Å². The van der Waals surface area contributed by atoms with Gasteiger partial charge in [-0.1, -0.05) is 36.8 Å². The molecule has 2 N–H and O–H groups in total. The van der Waals surface area contributed by atoms with Gasteiger partial charge in [0.25, 0.3) is 0 Å². The molecule has 0 aliphatic heterocycles. The summed E-state index contributed by atoms with van der Waals surface area (Å²) in [5, 5.41) is 6.64. The number of hydrogen-bond acceptors (Lipinski definition) is 2. The van der Waals surface area contributed by atoms with Gasteiger partial charge in [0.1, 0.15) is 0 Å². The monoisotopic (exact) mass is 277 g/mol. The molecule has 1 aromatic carbocycles. The number of benzene rings is 1. The van der Waals surface area contributed by atoms with E-state index in [1.807, 2.05) is 0 Å². The fourth-order valence-electron chi connectivity index (χ4n) is 1.99. The minimum absolute atomic E-state index is 0.451. The Balaban J connectivity index is 2.36. The maximum atomic E-state index is 5.02. The molecule has 0 aliphatic rings. The number of guanidine groups is 1. The number of ether oxygens (including phenoxy) is 1. The highest BCUT2D eigenvalue weighted by Gasteiger charge is 2.06. The minimum Gasteiger partial charge on any atom is -0.385 e. The van der Waals surface area contributed by atoms with E-state index in [0.717, 1.165) is 32.1 Å². The lowest BCUT2D eigenvalue weighted by atomic mass is 9.99. The normalized spacial score (nSPS) is 13.1. The van der Waals surface area contributed by atoms with Crippen LogP contribution in [0.15, 0.2) is 29.3 Å². The van der Waals surface area contributed by atoms with Crippen LogP contribution in [0.1, 0.15) is 30.4 Å². The van der Waals surface area contributed by atoms with E-state index in [0.29, 0.717) is 5.92 Å². The summed E-state index contributed by atoms with van der Waals surface area (Å²) in [5.41, 5.74) is 2.66. The molecular formula is C16H27N3O. The second kappa shape index (κ2) is 9.37. The Labute approximate surface area is 122 Å². The van der Waals surface area contributed by atoms with Crippen LogP contribution in [-0.4, -0.2) is 39.8 Å². The van der Waals surface area contributed by atoms with Crippen LogP contribution in [0.4, 0.5) is 0 Å². The van der Waals surface area contributed by atoms with Crippen molar-refractivity contribution in [2.75, 3.05) is 33.9 Å². The first kappa shape index (κ1) is 16.5. The van der Waals surface area contributed by atoms with Gasteiger partial charge in [-0.15, -0.1) is 0 Å². The molecular weight excluding hydrogens is 250 g/mol. The average Bonchev–Trinajstić information content (AvgIpc) is 2.46. The lowest BCUT2D eigenvalue weighted by Crippen LogP contribution is -2.39. The fraction of sp³-hybridized carbons (Fsp3) is 0.562. The summed E-state index contributed by atoms with van der Waals surface area (Å²) in [4.78, 5) is 4.22. The first-order valence-corrected chi connectivity index (χ1v) is 7.17.